The number of anilines is 1. The molecule has 0 saturated carbocycles. The molecule has 0 fully saturated rings. The summed E-state index contributed by atoms with van der Waals surface area (Å²) in [6.45, 7) is 6.44. The van der Waals surface area contributed by atoms with Gasteiger partial charge in [-0.05, 0) is 62.2 Å². The van der Waals surface area contributed by atoms with Crippen molar-refractivity contribution >= 4 is 34.3 Å². The van der Waals surface area contributed by atoms with Gasteiger partial charge in [0.2, 0.25) is 5.91 Å². The van der Waals surface area contributed by atoms with E-state index in [-0.39, 0.29) is 11.7 Å². The number of hydrogen-bond acceptors (Lipinski definition) is 5. The van der Waals surface area contributed by atoms with E-state index in [4.69, 9.17) is 4.74 Å². The van der Waals surface area contributed by atoms with Crippen molar-refractivity contribution in [2.24, 2.45) is 0 Å². The van der Waals surface area contributed by atoms with E-state index in [1.165, 1.54) is 11.8 Å². The Hall–Kier alpha value is -3.04. The lowest BCUT2D eigenvalue weighted by Crippen LogP contribution is -2.15. The van der Waals surface area contributed by atoms with Gasteiger partial charge in [-0.15, -0.1) is 0 Å². The minimum absolute atomic E-state index is 0.129. The molecule has 5 nitrogen and oxygen atoms in total. The first-order valence-electron chi connectivity index (χ1n) is 8.97. The van der Waals surface area contributed by atoms with Gasteiger partial charge in [0.15, 0.2) is 0 Å². The number of nitrogens with zero attached hydrogens (tertiary/aromatic N) is 2. The van der Waals surface area contributed by atoms with Gasteiger partial charge in [0.1, 0.15) is 16.8 Å². The zero-order valence-corrected chi connectivity index (χ0v) is 16.9. The monoisotopic (exact) mass is 391 g/mol. The molecule has 0 bridgehead atoms. The molecule has 1 aromatic heterocycles. The van der Waals surface area contributed by atoms with E-state index in [1.54, 1.807) is 6.07 Å². The van der Waals surface area contributed by atoms with Gasteiger partial charge in [-0.25, -0.2) is 4.98 Å². The van der Waals surface area contributed by atoms with Crippen molar-refractivity contribution in [2.45, 2.75) is 25.8 Å². The summed E-state index contributed by atoms with van der Waals surface area (Å²) >= 11 is 1.26. The fraction of sp³-hybridized carbons (Fsp3) is 0.227. The number of carbonyl (C=O) groups excluding carboxylic acids is 1. The zero-order chi connectivity index (χ0) is 20.1. The molecule has 0 radical (unpaired) electrons. The smallest absolute Gasteiger partial charge is 0.234 e. The van der Waals surface area contributed by atoms with Crippen LogP contribution in [0.3, 0.4) is 0 Å². The lowest BCUT2D eigenvalue weighted by Gasteiger charge is -2.10. The van der Waals surface area contributed by atoms with E-state index in [0.717, 1.165) is 33.5 Å². The van der Waals surface area contributed by atoms with Crippen molar-refractivity contribution in [3.05, 3.63) is 59.2 Å². The van der Waals surface area contributed by atoms with Crippen LogP contribution in [0.15, 0.2) is 47.5 Å². The van der Waals surface area contributed by atoms with E-state index in [1.807, 2.05) is 57.2 Å². The van der Waals surface area contributed by atoms with Gasteiger partial charge in [0.05, 0.1) is 23.4 Å². The van der Waals surface area contributed by atoms with Crippen LogP contribution in [0.25, 0.3) is 10.9 Å². The number of rotatable bonds is 6. The number of nitriles is 1. The molecule has 1 amide bonds. The Morgan fingerprint density at radius 2 is 2.04 bits per heavy atom. The Balaban J connectivity index is 1.76. The number of fused-ring (bicyclic) bond motifs is 1. The Morgan fingerprint density at radius 3 is 2.79 bits per heavy atom. The van der Waals surface area contributed by atoms with Gasteiger partial charge in [-0.2, -0.15) is 5.26 Å². The molecular formula is C22H21N3O2S. The second-order valence-corrected chi connectivity index (χ2v) is 7.36. The number of aromatic nitrogens is 1. The summed E-state index contributed by atoms with van der Waals surface area (Å²) in [5, 5.41) is 13.8. The van der Waals surface area contributed by atoms with Crippen molar-refractivity contribution in [2.75, 3.05) is 17.7 Å². The molecule has 1 N–H and O–H groups in total. The van der Waals surface area contributed by atoms with E-state index >= 15 is 0 Å². The molecule has 3 rings (SSSR count). The highest BCUT2D eigenvalue weighted by atomic mass is 32.2. The fourth-order valence-electron chi connectivity index (χ4n) is 2.77. The van der Waals surface area contributed by atoms with Crippen LogP contribution in [-0.4, -0.2) is 23.3 Å². The molecule has 0 spiro atoms. The number of pyridine rings is 1. The van der Waals surface area contributed by atoms with E-state index in [2.05, 4.69) is 16.4 Å². The number of benzene rings is 2. The first kappa shape index (κ1) is 19.7. The quantitative estimate of drug-likeness (QED) is 0.608. The van der Waals surface area contributed by atoms with Crippen LogP contribution in [0, 0.1) is 25.2 Å². The lowest BCUT2D eigenvalue weighted by molar-refractivity contribution is -0.113. The predicted octanol–water partition coefficient (Wildman–Crippen LogP) is 4.85. The number of amides is 1. The van der Waals surface area contributed by atoms with Gasteiger partial charge >= 0.3 is 0 Å². The third-order valence-corrected chi connectivity index (χ3v) is 5.18. The highest BCUT2D eigenvalue weighted by Crippen LogP contribution is 2.27. The molecule has 0 aliphatic heterocycles. The third kappa shape index (κ3) is 4.62. The van der Waals surface area contributed by atoms with Crippen LogP contribution in [0.5, 0.6) is 5.75 Å². The molecule has 6 heteroatoms. The van der Waals surface area contributed by atoms with Crippen LogP contribution in [0.1, 0.15) is 23.6 Å². The van der Waals surface area contributed by atoms with Crippen molar-refractivity contribution in [3.8, 4) is 11.8 Å². The largest absolute Gasteiger partial charge is 0.494 e. The third-order valence-electron chi connectivity index (χ3n) is 4.19. The molecule has 0 unspecified atom stereocenters. The van der Waals surface area contributed by atoms with E-state index in [9.17, 15) is 10.1 Å². The van der Waals surface area contributed by atoms with Gasteiger partial charge in [0, 0.05) is 11.1 Å². The second kappa shape index (κ2) is 8.77. The SMILES string of the molecule is CCOc1ccc2nc(SCC(=O)Nc3cc(C)ccc3C)c(C#N)cc2c1. The van der Waals surface area contributed by atoms with Crippen LogP contribution in [0.2, 0.25) is 0 Å². The number of hydrogen-bond donors (Lipinski definition) is 1. The maximum Gasteiger partial charge on any atom is 0.234 e. The molecule has 2 aromatic carbocycles. The Morgan fingerprint density at radius 1 is 1.21 bits per heavy atom. The van der Waals surface area contributed by atoms with Gasteiger partial charge < -0.3 is 10.1 Å². The van der Waals surface area contributed by atoms with Crippen LogP contribution < -0.4 is 10.1 Å². The molecule has 0 atom stereocenters. The highest BCUT2D eigenvalue weighted by Gasteiger charge is 2.12. The number of thioether (sulfide) groups is 1. The first-order valence-corrected chi connectivity index (χ1v) is 9.96. The molecular weight excluding hydrogens is 370 g/mol. The number of nitrogens with one attached hydrogen (secondary N) is 1. The van der Waals surface area contributed by atoms with Gasteiger partial charge in [-0.3, -0.25) is 4.79 Å². The fourth-order valence-corrected chi connectivity index (χ4v) is 3.54. The van der Waals surface area contributed by atoms with Crippen molar-refractivity contribution in [1.82, 2.24) is 4.98 Å². The summed E-state index contributed by atoms with van der Waals surface area (Å²) in [6, 6.07) is 15.5. The van der Waals surface area contributed by atoms with Crippen LogP contribution >= 0.6 is 11.8 Å². The number of aryl methyl sites for hydroxylation is 2. The minimum atomic E-state index is -0.129. The second-order valence-electron chi connectivity index (χ2n) is 6.40. The topological polar surface area (TPSA) is 75.0 Å². The molecule has 142 valence electrons. The molecule has 0 aliphatic carbocycles. The summed E-state index contributed by atoms with van der Waals surface area (Å²) in [6.07, 6.45) is 0. The van der Waals surface area contributed by atoms with Crippen LogP contribution in [0.4, 0.5) is 5.69 Å². The van der Waals surface area contributed by atoms with E-state index in [0.29, 0.717) is 17.2 Å². The predicted molar refractivity (Wildman–Crippen MR) is 113 cm³/mol. The first-order chi connectivity index (χ1) is 13.5. The maximum absolute atomic E-state index is 12.4. The van der Waals surface area contributed by atoms with Crippen molar-refractivity contribution in [1.29, 1.82) is 5.26 Å². The Labute approximate surface area is 168 Å². The van der Waals surface area contributed by atoms with Crippen molar-refractivity contribution in [3.63, 3.8) is 0 Å². The Bertz CT molecular complexity index is 1070. The molecule has 1 heterocycles. The van der Waals surface area contributed by atoms with E-state index < -0.39 is 0 Å². The summed E-state index contributed by atoms with van der Waals surface area (Å²) in [7, 11) is 0. The summed E-state index contributed by atoms with van der Waals surface area (Å²) in [5.41, 5.74) is 4.12. The summed E-state index contributed by atoms with van der Waals surface area (Å²) in [4.78, 5) is 16.9. The number of ether oxygens (including phenoxy) is 1. The minimum Gasteiger partial charge on any atom is -0.494 e. The number of carbonyl (C=O) groups is 1. The van der Waals surface area contributed by atoms with Gasteiger partial charge in [0.25, 0.3) is 0 Å². The molecule has 28 heavy (non-hydrogen) atoms. The standard InChI is InChI=1S/C22H21N3O2S/c1-4-27-18-7-8-19-16(11-18)10-17(12-23)22(25-19)28-13-21(26)24-20-9-14(2)5-6-15(20)3/h5-11H,4,13H2,1-3H3,(H,24,26). The van der Waals surface area contributed by atoms with Crippen molar-refractivity contribution < 1.29 is 9.53 Å². The normalized spacial score (nSPS) is 10.5. The summed E-state index contributed by atoms with van der Waals surface area (Å²) in [5.74, 6) is 0.794. The van der Waals surface area contributed by atoms with Gasteiger partial charge in [-0.1, -0.05) is 23.9 Å². The highest BCUT2D eigenvalue weighted by molar-refractivity contribution is 8.00. The molecule has 0 saturated heterocycles. The Kier molecular flexibility index (Phi) is 6.17. The van der Waals surface area contributed by atoms with Crippen LogP contribution in [-0.2, 0) is 4.79 Å². The molecule has 0 aliphatic rings. The lowest BCUT2D eigenvalue weighted by atomic mass is 10.1. The zero-order valence-electron chi connectivity index (χ0n) is 16.1. The summed E-state index contributed by atoms with van der Waals surface area (Å²) < 4.78 is 5.50. The maximum atomic E-state index is 12.4. The average Bonchev–Trinajstić information content (AvgIpc) is 2.68. The average molecular weight is 391 g/mol. The molecule has 3 aromatic rings.